The first-order valence-electron chi connectivity index (χ1n) is 5.27. The lowest BCUT2D eigenvalue weighted by Crippen LogP contribution is -2.46. The monoisotopic (exact) mass is 248 g/mol. The summed E-state index contributed by atoms with van der Waals surface area (Å²) < 4.78 is 0. The Bertz CT molecular complexity index is 236. The molecule has 5 nitrogen and oxygen atoms in total. The minimum atomic E-state index is -0.985. The highest BCUT2D eigenvalue weighted by molar-refractivity contribution is 7.98. The predicted molar refractivity (Wildman–Crippen MR) is 65.9 cm³/mol. The van der Waals surface area contributed by atoms with Gasteiger partial charge in [-0.2, -0.15) is 11.8 Å². The zero-order valence-electron chi connectivity index (χ0n) is 10.0. The third kappa shape index (κ3) is 6.55. The van der Waals surface area contributed by atoms with Crippen LogP contribution in [0.15, 0.2) is 0 Å². The van der Waals surface area contributed by atoms with Crippen LogP contribution in [0.2, 0.25) is 0 Å². The number of amides is 2. The van der Waals surface area contributed by atoms with Crippen LogP contribution in [0.1, 0.15) is 20.3 Å². The Hall–Kier alpha value is -0.910. The van der Waals surface area contributed by atoms with Crippen molar-refractivity contribution in [1.29, 1.82) is 0 Å². The van der Waals surface area contributed by atoms with E-state index in [1.807, 2.05) is 20.1 Å². The summed E-state index contributed by atoms with van der Waals surface area (Å²) in [6.07, 6.45) is 2.71. The number of thioether (sulfide) groups is 1. The van der Waals surface area contributed by atoms with Crippen molar-refractivity contribution in [1.82, 2.24) is 10.2 Å². The molecule has 0 fully saturated rings. The van der Waals surface area contributed by atoms with Gasteiger partial charge in [0.05, 0.1) is 0 Å². The number of hydrogen-bond donors (Lipinski definition) is 2. The molecule has 2 amide bonds. The van der Waals surface area contributed by atoms with Gasteiger partial charge in [-0.05, 0) is 19.6 Å². The molecule has 0 aromatic carbocycles. The number of urea groups is 1. The second-order valence-electron chi connectivity index (χ2n) is 3.62. The Morgan fingerprint density at radius 2 is 2.12 bits per heavy atom. The standard InChI is InChI=1S/C10H20N2O3S/c1-4-5-12(6-9(13)14)10(15)11-8(2)7-16-3/h8H,4-7H2,1-3H3,(H,11,15)(H,13,14). The average Bonchev–Trinajstić information content (AvgIpc) is 2.16. The maximum atomic E-state index is 11.7. The molecular formula is C10H20N2O3S. The predicted octanol–water partition coefficient (Wildman–Crippen LogP) is 1.24. The van der Waals surface area contributed by atoms with Crippen molar-refractivity contribution in [2.45, 2.75) is 26.3 Å². The van der Waals surface area contributed by atoms with Gasteiger partial charge in [0.2, 0.25) is 0 Å². The van der Waals surface area contributed by atoms with E-state index in [9.17, 15) is 9.59 Å². The molecule has 0 heterocycles. The molecule has 0 aromatic heterocycles. The Kier molecular flexibility index (Phi) is 7.80. The molecule has 0 saturated carbocycles. The van der Waals surface area contributed by atoms with Crippen LogP contribution in [0.3, 0.4) is 0 Å². The summed E-state index contributed by atoms with van der Waals surface area (Å²) in [6.45, 7) is 4.03. The van der Waals surface area contributed by atoms with E-state index < -0.39 is 5.97 Å². The van der Waals surface area contributed by atoms with Gasteiger partial charge in [0.1, 0.15) is 6.54 Å². The Morgan fingerprint density at radius 1 is 1.50 bits per heavy atom. The summed E-state index contributed by atoms with van der Waals surface area (Å²) in [7, 11) is 0. The molecule has 1 unspecified atom stereocenters. The molecule has 2 N–H and O–H groups in total. The molecule has 0 saturated heterocycles. The smallest absolute Gasteiger partial charge is 0.323 e. The molecule has 6 heteroatoms. The average molecular weight is 248 g/mol. The van der Waals surface area contributed by atoms with Crippen LogP contribution < -0.4 is 5.32 Å². The van der Waals surface area contributed by atoms with Crippen LogP contribution in [0.25, 0.3) is 0 Å². The maximum absolute atomic E-state index is 11.7. The van der Waals surface area contributed by atoms with Crippen molar-refractivity contribution in [3.8, 4) is 0 Å². The second-order valence-corrected chi connectivity index (χ2v) is 4.53. The number of aliphatic carboxylic acids is 1. The van der Waals surface area contributed by atoms with Crippen molar-refractivity contribution >= 4 is 23.8 Å². The van der Waals surface area contributed by atoms with E-state index in [0.29, 0.717) is 6.54 Å². The Balaban J connectivity index is 4.20. The molecule has 0 spiro atoms. The zero-order chi connectivity index (χ0) is 12.6. The zero-order valence-corrected chi connectivity index (χ0v) is 10.8. The lowest BCUT2D eigenvalue weighted by atomic mass is 10.4. The topological polar surface area (TPSA) is 69.6 Å². The van der Waals surface area contributed by atoms with E-state index in [0.717, 1.165) is 12.2 Å². The van der Waals surface area contributed by atoms with Gasteiger partial charge in [-0.3, -0.25) is 4.79 Å². The van der Waals surface area contributed by atoms with Gasteiger partial charge in [-0.25, -0.2) is 4.79 Å². The van der Waals surface area contributed by atoms with Gasteiger partial charge in [-0.15, -0.1) is 0 Å². The highest BCUT2D eigenvalue weighted by atomic mass is 32.2. The molecular weight excluding hydrogens is 228 g/mol. The number of carbonyl (C=O) groups is 2. The van der Waals surface area contributed by atoms with Crippen molar-refractivity contribution < 1.29 is 14.7 Å². The lowest BCUT2D eigenvalue weighted by Gasteiger charge is -2.23. The van der Waals surface area contributed by atoms with Gasteiger partial charge in [-0.1, -0.05) is 6.92 Å². The minimum Gasteiger partial charge on any atom is -0.480 e. The van der Waals surface area contributed by atoms with Crippen molar-refractivity contribution in [3.63, 3.8) is 0 Å². The molecule has 0 aliphatic rings. The number of nitrogens with zero attached hydrogens (tertiary/aromatic N) is 1. The minimum absolute atomic E-state index is 0.0515. The van der Waals surface area contributed by atoms with E-state index in [1.54, 1.807) is 11.8 Å². The Labute approximate surface area is 101 Å². The molecule has 0 rings (SSSR count). The summed E-state index contributed by atoms with van der Waals surface area (Å²) in [5.41, 5.74) is 0. The highest BCUT2D eigenvalue weighted by Gasteiger charge is 2.17. The number of carboxylic acid groups (broad SMARTS) is 1. The van der Waals surface area contributed by atoms with Crippen LogP contribution in [0.5, 0.6) is 0 Å². The summed E-state index contributed by atoms with van der Waals surface area (Å²) in [4.78, 5) is 23.6. The van der Waals surface area contributed by atoms with E-state index in [2.05, 4.69) is 5.32 Å². The van der Waals surface area contributed by atoms with Crippen LogP contribution in [0, 0.1) is 0 Å². The van der Waals surface area contributed by atoms with Crippen LogP contribution in [-0.2, 0) is 4.79 Å². The van der Waals surface area contributed by atoms with E-state index in [4.69, 9.17) is 5.11 Å². The molecule has 0 aliphatic heterocycles. The van der Waals surface area contributed by atoms with Crippen LogP contribution in [-0.4, -0.2) is 53.1 Å². The summed E-state index contributed by atoms with van der Waals surface area (Å²) in [5, 5.41) is 11.4. The van der Waals surface area contributed by atoms with E-state index >= 15 is 0 Å². The van der Waals surface area contributed by atoms with Crippen LogP contribution >= 0.6 is 11.8 Å². The normalized spacial score (nSPS) is 11.9. The third-order valence-electron chi connectivity index (χ3n) is 1.89. The van der Waals surface area contributed by atoms with Gasteiger partial charge >= 0.3 is 12.0 Å². The maximum Gasteiger partial charge on any atom is 0.323 e. The molecule has 16 heavy (non-hydrogen) atoms. The number of rotatable bonds is 7. The fraction of sp³-hybridized carbons (Fsp3) is 0.800. The largest absolute Gasteiger partial charge is 0.480 e. The first kappa shape index (κ1) is 15.1. The number of carbonyl (C=O) groups excluding carboxylic acids is 1. The summed E-state index contributed by atoms with van der Waals surface area (Å²) in [6, 6.07) is -0.249. The second kappa shape index (κ2) is 8.27. The highest BCUT2D eigenvalue weighted by Crippen LogP contribution is 1.99. The number of hydrogen-bond acceptors (Lipinski definition) is 3. The first-order chi connectivity index (χ1) is 7.51. The van der Waals surface area contributed by atoms with Gasteiger partial charge in [0.25, 0.3) is 0 Å². The summed E-state index contributed by atoms with van der Waals surface area (Å²) in [5.74, 6) is -0.167. The van der Waals surface area contributed by atoms with Gasteiger partial charge < -0.3 is 15.3 Å². The van der Waals surface area contributed by atoms with Crippen molar-refractivity contribution in [3.05, 3.63) is 0 Å². The fourth-order valence-corrected chi connectivity index (χ4v) is 1.86. The summed E-state index contributed by atoms with van der Waals surface area (Å²) >= 11 is 1.64. The Morgan fingerprint density at radius 3 is 2.56 bits per heavy atom. The van der Waals surface area contributed by atoms with Gasteiger partial charge in [0.15, 0.2) is 0 Å². The molecule has 94 valence electrons. The molecule has 1 atom stereocenters. The molecule has 0 bridgehead atoms. The lowest BCUT2D eigenvalue weighted by molar-refractivity contribution is -0.137. The van der Waals surface area contributed by atoms with E-state index in [1.165, 1.54) is 4.90 Å². The van der Waals surface area contributed by atoms with Crippen molar-refractivity contribution in [2.24, 2.45) is 0 Å². The van der Waals surface area contributed by atoms with Crippen LogP contribution in [0.4, 0.5) is 4.79 Å². The first-order valence-corrected chi connectivity index (χ1v) is 6.66. The van der Waals surface area contributed by atoms with Crippen molar-refractivity contribution in [2.75, 3.05) is 25.1 Å². The van der Waals surface area contributed by atoms with Gasteiger partial charge in [0, 0.05) is 18.3 Å². The molecule has 0 radical (unpaired) electrons. The number of nitrogens with one attached hydrogen (secondary N) is 1. The number of carboxylic acids is 1. The molecule has 0 aromatic rings. The fourth-order valence-electron chi connectivity index (χ4n) is 1.28. The quantitative estimate of drug-likeness (QED) is 0.711. The third-order valence-corrected chi connectivity index (χ3v) is 2.73. The molecule has 0 aliphatic carbocycles. The SMILES string of the molecule is CCCN(CC(=O)O)C(=O)NC(C)CSC. The van der Waals surface area contributed by atoms with E-state index in [-0.39, 0.29) is 18.6 Å².